The second kappa shape index (κ2) is 4.51. The van der Waals surface area contributed by atoms with Crippen LogP contribution in [-0.2, 0) is 0 Å². The molecule has 0 radical (unpaired) electrons. The van der Waals surface area contributed by atoms with Crippen LogP contribution in [0.5, 0.6) is 5.75 Å². The van der Waals surface area contributed by atoms with Crippen molar-refractivity contribution in [3.8, 4) is 5.75 Å². The highest BCUT2D eigenvalue weighted by atomic mass is 32.2. The molecule has 0 aliphatic carbocycles. The van der Waals surface area contributed by atoms with E-state index >= 15 is 0 Å². The first-order valence-electron chi connectivity index (χ1n) is 4.77. The number of hydrogen-bond acceptors (Lipinski definition) is 3. The first kappa shape index (κ1) is 9.59. The van der Waals surface area contributed by atoms with E-state index in [-0.39, 0.29) is 0 Å². The molecule has 0 saturated carbocycles. The minimum atomic E-state index is 0.346. The first-order valence-corrected chi connectivity index (χ1v) is 5.93. The Kier molecular flexibility index (Phi) is 3.09. The number of phenolic OH excluding ortho intramolecular Hbond substituents is 1. The molecule has 0 amide bonds. The number of aromatic hydroxyl groups is 1. The molecule has 0 bridgehead atoms. The molecule has 0 atom stereocenters. The zero-order chi connectivity index (χ0) is 9.80. The van der Waals surface area contributed by atoms with Gasteiger partial charge in [0, 0.05) is 23.6 Å². The van der Waals surface area contributed by atoms with Crippen molar-refractivity contribution in [1.29, 1.82) is 0 Å². The summed E-state index contributed by atoms with van der Waals surface area (Å²) in [4.78, 5) is 4.49. The molecule has 74 valence electrons. The van der Waals surface area contributed by atoms with Crippen molar-refractivity contribution in [1.82, 2.24) is 0 Å². The predicted molar refractivity (Wildman–Crippen MR) is 61.5 cm³/mol. The van der Waals surface area contributed by atoms with Crippen LogP contribution in [0.4, 0.5) is 0 Å². The van der Waals surface area contributed by atoms with Gasteiger partial charge in [0.05, 0.1) is 0 Å². The van der Waals surface area contributed by atoms with E-state index in [1.165, 1.54) is 0 Å². The van der Waals surface area contributed by atoms with Crippen molar-refractivity contribution < 1.29 is 5.11 Å². The molecule has 0 fully saturated rings. The minimum absolute atomic E-state index is 0.346. The van der Waals surface area contributed by atoms with Crippen LogP contribution in [0, 0.1) is 0 Å². The monoisotopic (exact) mass is 207 g/mol. The zero-order valence-corrected chi connectivity index (χ0v) is 8.76. The molecule has 0 saturated heterocycles. The van der Waals surface area contributed by atoms with Gasteiger partial charge in [-0.25, -0.2) is 0 Å². The van der Waals surface area contributed by atoms with Crippen LogP contribution < -0.4 is 0 Å². The van der Waals surface area contributed by atoms with Gasteiger partial charge in [0.1, 0.15) is 5.75 Å². The van der Waals surface area contributed by atoms with E-state index in [1.807, 2.05) is 30.0 Å². The third-order valence-electron chi connectivity index (χ3n) is 2.24. The van der Waals surface area contributed by atoms with Gasteiger partial charge in [-0.3, -0.25) is 4.99 Å². The Hall–Kier alpha value is -0.960. The second-order valence-corrected chi connectivity index (χ2v) is 4.43. The lowest BCUT2D eigenvalue weighted by molar-refractivity contribution is 0.474. The molecule has 3 heteroatoms. The lowest BCUT2D eigenvalue weighted by Crippen LogP contribution is -2.01. The SMILES string of the molecule is Oc1ccccc1C1=NCCSCC1. The molecule has 1 N–H and O–H groups in total. The van der Waals surface area contributed by atoms with Gasteiger partial charge in [-0.1, -0.05) is 12.1 Å². The molecule has 1 heterocycles. The maximum atomic E-state index is 9.67. The Morgan fingerprint density at radius 1 is 1.21 bits per heavy atom. The summed E-state index contributed by atoms with van der Waals surface area (Å²) in [5.74, 6) is 2.54. The number of benzene rings is 1. The van der Waals surface area contributed by atoms with Crippen LogP contribution in [0.2, 0.25) is 0 Å². The molecule has 2 nitrogen and oxygen atoms in total. The fraction of sp³-hybridized carbons (Fsp3) is 0.364. The highest BCUT2D eigenvalue weighted by molar-refractivity contribution is 7.99. The fourth-order valence-corrected chi connectivity index (χ4v) is 2.29. The van der Waals surface area contributed by atoms with E-state index in [0.717, 1.165) is 35.7 Å². The zero-order valence-electron chi connectivity index (χ0n) is 7.94. The number of hydrogen-bond donors (Lipinski definition) is 1. The van der Waals surface area contributed by atoms with Gasteiger partial charge < -0.3 is 5.11 Å². The van der Waals surface area contributed by atoms with Gasteiger partial charge in [0.15, 0.2) is 0 Å². The van der Waals surface area contributed by atoms with Crippen molar-refractivity contribution in [2.45, 2.75) is 6.42 Å². The Balaban J connectivity index is 2.29. The van der Waals surface area contributed by atoms with Gasteiger partial charge in [-0.2, -0.15) is 11.8 Å². The van der Waals surface area contributed by atoms with Crippen molar-refractivity contribution in [3.63, 3.8) is 0 Å². The molecule has 0 unspecified atom stereocenters. The summed E-state index contributed by atoms with van der Waals surface area (Å²) in [6, 6.07) is 7.43. The Bertz CT molecular complexity index is 349. The summed E-state index contributed by atoms with van der Waals surface area (Å²) in [5, 5.41) is 9.67. The molecule has 0 aromatic heterocycles. The summed E-state index contributed by atoms with van der Waals surface area (Å²) in [6.45, 7) is 0.869. The molecular formula is C11H13NOS. The summed E-state index contributed by atoms with van der Waals surface area (Å²) in [7, 11) is 0. The third kappa shape index (κ3) is 2.10. The Morgan fingerprint density at radius 3 is 2.93 bits per heavy atom. The molecule has 1 aromatic rings. The number of nitrogens with zero attached hydrogens (tertiary/aromatic N) is 1. The van der Waals surface area contributed by atoms with E-state index in [2.05, 4.69) is 4.99 Å². The van der Waals surface area contributed by atoms with Gasteiger partial charge in [-0.15, -0.1) is 0 Å². The number of para-hydroxylation sites is 1. The molecule has 1 aliphatic heterocycles. The highest BCUT2D eigenvalue weighted by Gasteiger charge is 2.09. The molecule has 0 spiro atoms. The number of aliphatic imine (C=N–C) groups is 1. The maximum Gasteiger partial charge on any atom is 0.124 e. The van der Waals surface area contributed by atoms with Crippen molar-refractivity contribution in [2.75, 3.05) is 18.1 Å². The number of phenols is 1. The van der Waals surface area contributed by atoms with E-state index in [9.17, 15) is 5.11 Å². The number of thioether (sulfide) groups is 1. The Morgan fingerprint density at radius 2 is 2.07 bits per heavy atom. The second-order valence-electron chi connectivity index (χ2n) is 3.21. The molecule has 2 rings (SSSR count). The molecular weight excluding hydrogens is 194 g/mol. The fourth-order valence-electron chi connectivity index (χ4n) is 1.53. The minimum Gasteiger partial charge on any atom is -0.507 e. The third-order valence-corrected chi connectivity index (χ3v) is 3.20. The quantitative estimate of drug-likeness (QED) is 0.766. The van der Waals surface area contributed by atoms with E-state index < -0.39 is 0 Å². The first-order chi connectivity index (χ1) is 6.88. The average molecular weight is 207 g/mol. The van der Waals surface area contributed by atoms with Crippen LogP contribution >= 0.6 is 11.8 Å². The highest BCUT2D eigenvalue weighted by Crippen LogP contribution is 2.20. The van der Waals surface area contributed by atoms with Crippen molar-refractivity contribution >= 4 is 17.5 Å². The van der Waals surface area contributed by atoms with Crippen molar-refractivity contribution in [3.05, 3.63) is 29.8 Å². The molecule has 14 heavy (non-hydrogen) atoms. The van der Waals surface area contributed by atoms with Gasteiger partial charge in [0.25, 0.3) is 0 Å². The summed E-state index contributed by atoms with van der Waals surface area (Å²) >= 11 is 1.92. The van der Waals surface area contributed by atoms with Crippen LogP contribution in [0.3, 0.4) is 0 Å². The normalized spacial score (nSPS) is 17.3. The summed E-state index contributed by atoms with van der Waals surface area (Å²) in [6.07, 6.45) is 0.961. The van der Waals surface area contributed by atoms with E-state index in [4.69, 9.17) is 0 Å². The predicted octanol–water partition coefficient (Wildman–Crippen LogP) is 2.32. The van der Waals surface area contributed by atoms with Crippen LogP contribution in [0.1, 0.15) is 12.0 Å². The Labute approximate surface area is 88.1 Å². The summed E-state index contributed by atoms with van der Waals surface area (Å²) < 4.78 is 0. The van der Waals surface area contributed by atoms with Gasteiger partial charge in [-0.05, 0) is 24.3 Å². The lowest BCUT2D eigenvalue weighted by atomic mass is 10.1. The standard InChI is InChI=1S/C11H13NOS/c13-11-4-2-1-3-9(11)10-5-7-14-8-6-12-10/h1-4,13H,5-8H2. The van der Waals surface area contributed by atoms with Gasteiger partial charge >= 0.3 is 0 Å². The van der Waals surface area contributed by atoms with Crippen LogP contribution in [-0.4, -0.2) is 28.9 Å². The molecule has 1 aromatic carbocycles. The van der Waals surface area contributed by atoms with Crippen molar-refractivity contribution in [2.24, 2.45) is 4.99 Å². The summed E-state index contributed by atoms with van der Waals surface area (Å²) in [5.41, 5.74) is 1.95. The van der Waals surface area contributed by atoms with E-state index in [0.29, 0.717) is 5.75 Å². The maximum absolute atomic E-state index is 9.67. The topological polar surface area (TPSA) is 32.6 Å². The van der Waals surface area contributed by atoms with Gasteiger partial charge in [0.2, 0.25) is 0 Å². The average Bonchev–Trinajstić information content (AvgIpc) is 2.47. The smallest absolute Gasteiger partial charge is 0.124 e. The van der Waals surface area contributed by atoms with Crippen LogP contribution in [0.15, 0.2) is 29.3 Å². The lowest BCUT2D eigenvalue weighted by Gasteiger charge is -2.05. The van der Waals surface area contributed by atoms with E-state index in [1.54, 1.807) is 6.07 Å². The molecule has 1 aliphatic rings. The number of rotatable bonds is 1. The largest absolute Gasteiger partial charge is 0.507 e. The van der Waals surface area contributed by atoms with Crippen LogP contribution in [0.25, 0.3) is 0 Å².